The van der Waals surface area contributed by atoms with Gasteiger partial charge in [-0.25, -0.2) is 0 Å². The van der Waals surface area contributed by atoms with E-state index in [0.717, 1.165) is 36.0 Å². The molecular weight excluding hydrogens is 392 g/mol. The number of ether oxygens (including phenoxy) is 2. The lowest BCUT2D eigenvalue weighted by molar-refractivity contribution is -0.223. The van der Waals surface area contributed by atoms with Crippen LogP contribution in [0, 0.1) is 29.6 Å². The first kappa shape index (κ1) is 22.4. The van der Waals surface area contributed by atoms with E-state index in [1.165, 1.54) is 69.8 Å². The molecule has 0 aromatic heterocycles. The maximum absolute atomic E-state index is 6.07. The number of hydrogen-bond acceptors (Lipinski definition) is 2. The van der Waals surface area contributed by atoms with E-state index in [2.05, 4.69) is 31.2 Å². The van der Waals surface area contributed by atoms with Gasteiger partial charge in [-0.1, -0.05) is 48.7 Å². The quantitative estimate of drug-likeness (QED) is 0.436. The van der Waals surface area contributed by atoms with Gasteiger partial charge in [-0.3, -0.25) is 0 Å². The Hall–Kier alpha value is -0.830. The van der Waals surface area contributed by atoms with E-state index < -0.39 is 0 Å². The molecule has 3 heteroatoms. The summed E-state index contributed by atoms with van der Waals surface area (Å²) >= 11 is 6.00. The molecule has 166 valence electrons. The van der Waals surface area contributed by atoms with Crippen LogP contribution in [0.1, 0.15) is 70.3 Å². The highest BCUT2D eigenvalue weighted by molar-refractivity contribution is 6.30. The molecule has 0 N–H and O–H groups in total. The van der Waals surface area contributed by atoms with Gasteiger partial charge < -0.3 is 9.47 Å². The molecule has 0 bridgehead atoms. The summed E-state index contributed by atoms with van der Waals surface area (Å²) < 4.78 is 12.1. The molecule has 0 unspecified atom stereocenters. The molecule has 0 spiro atoms. The van der Waals surface area contributed by atoms with Crippen LogP contribution in [0.5, 0.6) is 0 Å². The maximum atomic E-state index is 6.07. The van der Waals surface area contributed by atoms with Crippen LogP contribution in [-0.4, -0.2) is 19.5 Å². The Morgan fingerprint density at radius 3 is 2.00 bits per heavy atom. The van der Waals surface area contributed by atoms with Crippen LogP contribution in [-0.2, 0) is 15.9 Å². The lowest BCUT2D eigenvalue weighted by Gasteiger charge is -2.40. The van der Waals surface area contributed by atoms with Crippen molar-refractivity contribution in [2.45, 2.75) is 77.4 Å². The fourth-order valence-corrected chi connectivity index (χ4v) is 6.17. The van der Waals surface area contributed by atoms with Gasteiger partial charge in [0.1, 0.15) is 0 Å². The largest absolute Gasteiger partial charge is 0.352 e. The first-order valence-electron chi connectivity index (χ1n) is 12.3. The number of allylic oxidation sites excluding steroid dienone is 1. The second kappa shape index (κ2) is 11.2. The highest BCUT2D eigenvalue weighted by atomic mass is 35.5. The van der Waals surface area contributed by atoms with Crippen LogP contribution < -0.4 is 0 Å². The fraction of sp³-hybridized carbons (Fsp3) is 0.704. The van der Waals surface area contributed by atoms with Crippen molar-refractivity contribution in [3.05, 3.63) is 47.0 Å². The molecule has 0 amide bonds. The summed E-state index contributed by atoms with van der Waals surface area (Å²) in [5.41, 5.74) is 1.43. The molecule has 1 saturated heterocycles. The van der Waals surface area contributed by atoms with E-state index in [1.807, 2.05) is 12.1 Å². The van der Waals surface area contributed by atoms with Crippen molar-refractivity contribution in [3.8, 4) is 0 Å². The molecule has 3 fully saturated rings. The third-order valence-electron chi connectivity index (χ3n) is 7.93. The first-order chi connectivity index (χ1) is 14.7. The Morgan fingerprint density at radius 1 is 0.833 bits per heavy atom. The second-order valence-corrected chi connectivity index (χ2v) is 10.4. The summed E-state index contributed by atoms with van der Waals surface area (Å²) in [6, 6.07) is 8.42. The van der Waals surface area contributed by atoms with Crippen LogP contribution in [0.25, 0.3) is 0 Å². The lowest BCUT2D eigenvalue weighted by Crippen LogP contribution is -2.38. The molecule has 2 saturated carbocycles. The van der Waals surface area contributed by atoms with Crippen molar-refractivity contribution in [1.29, 1.82) is 0 Å². The van der Waals surface area contributed by atoms with E-state index in [-0.39, 0.29) is 6.29 Å². The zero-order valence-corrected chi connectivity index (χ0v) is 19.4. The Kier molecular flexibility index (Phi) is 8.32. The van der Waals surface area contributed by atoms with Gasteiger partial charge in [0, 0.05) is 16.9 Å². The third kappa shape index (κ3) is 6.11. The van der Waals surface area contributed by atoms with Gasteiger partial charge in [-0.2, -0.15) is 0 Å². The summed E-state index contributed by atoms with van der Waals surface area (Å²) in [6.07, 6.45) is 18.0. The zero-order valence-electron chi connectivity index (χ0n) is 18.6. The molecular formula is C27H39ClO2. The molecule has 3 aliphatic rings. The Balaban J connectivity index is 1.14. The minimum atomic E-state index is 0.0519. The molecule has 1 aromatic carbocycles. The van der Waals surface area contributed by atoms with Crippen LogP contribution in [0.2, 0.25) is 5.02 Å². The van der Waals surface area contributed by atoms with Gasteiger partial charge in [0.2, 0.25) is 0 Å². The van der Waals surface area contributed by atoms with Gasteiger partial charge in [0.25, 0.3) is 0 Å². The van der Waals surface area contributed by atoms with E-state index in [0.29, 0.717) is 11.8 Å². The summed E-state index contributed by atoms with van der Waals surface area (Å²) in [5, 5.41) is 0.841. The zero-order chi connectivity index (χ0) is 20.8. The number of aryl methyl sites for hydroxylation is 1. The average Bonchev–Trinajstić information content (AvgIpc) is 2.80. The molecule has 0 radical (unpaired) electrons. The number of halogens is 1. The lowest BCUT2D eigenvalue weighted by atomic mass is 9.68. The highest BCUT2D eigenvalue weighted by Crippen LogP contribution is 2.43. The summed E-state index contributed by atoms with van der Waals surface area (Å²) in [7, 11) is 0. The van der Waals surface area contributed by atoms with Crippen molar-refractivity contribution < 1.29 is 9.47 Å². The maximum Gasteiger partial charge on any atom is 0.160 e. The normalized spacial score (nSPS) is 35.5. The highest BCUT2D eigenvalue weighted by Gasteiger charge is 2.35. The molecule has 30 heavy (non-hydrogen) atoms. The van der Waals surface area contributed by atoms with Gasteiger partial charge in [0.15, 0.2) is 6.29 Å². The van der Waals surface area contributed by atoms with Crippen LogP contribution in [0.4, 0.5) is 0 Å². The Morgan fingerprint density at radius 2 is 1.40 bits per heavy atom. The molecule has 2 aliphatic carbocycles. The van der Waals surface area contributed by atoms with Gasteiger partial charge in [0.05, 0.1) is 13.2 Å². The molecule has 0 atom stereocenters. The van der Waals surface area contributed by atoms with E-state index >= 15 is 0 Å². The summed E-state index contributed by atoms with van der Waals surface area (Å²) in [6.45, 7) is 3.73. The predicted molar refractivity (Wildman–Crippen MR) is 125 cm³/mol. The summed E-state index contributed by atoms with van der Waals surface area (Å²) in [4.78, 5) is 0. The summed E-state index contributed by atoms with van der Waals surface area (Å²) in [5.74, 6) is 3.88. The van der Waals surface area contributed by atoms with Crippen LogP contribution in [0.3, 0.4) is 0 Å². The van der Waals surface area contributed by atoms with Gasteiger partial charge in [-0.05, 0) is 93.7 Å². The van der Waals surface area contributed by atoms with Gasteiger partial charge >= 0.3 is 0 Å². The number of hydrogen-bond donors (Lipinski definition) is 0. The molecule has 2 nitrogen and oxygen atoms in total. The molecule has 1 heterocycles. The smallest absolute Gasteiger partial charge is 0.160 e. The minimum absolute atomic E-state index is 0.0519. The topological polar surface area (TPSA) is 18.5 Å². The van der Waals surface area contributed by atoms with Crippen molar-refractivity contribution in [1.82, 2.24) is 0 Å². The fourth-order valence-electron chi connectivity index (χ4n) is 6.05. The predicted octanol–water partition coefficient (Wildman–Crippen LogP) is 7.45. The average molecular weight is 431 g/mol. The third-order valence-corrected chi connectivity index (χ3v) is 8.18. The van der Waals surface area contributed by atoms with Crippen molar-refractivity contribution in [3.63, 3.8) is 0 Å². The number of benzene rings is 1. The van der Waals surface area contributed by atoms with Gasteiger partial charge in [-0.15, -0.1) is 0 Å². The molecule has 1 aliphatic heterocycles. The second-order valence-electron chi connectivity index (χ2n) is 9.94. The minimum Gasteiger partial charge on any atom is -0.352 e. The van der Waals surface area contributed by atoms with Crippen molar-refractivity contribution in [2.24, 2.45) is 29.6 Å². The Bertz CT molecular complexity index is 646. The number of rotatable bonds is 6. The molecule has 1 aromatic rings. The van der Waals surface area contributed by atoms with Crippen LogP contribution in [0.15, 0.2) is 36.4 Å². The first-order valence-corrected chi connectivity index (χ1v) is 12.7. The standard InChI is InChI=1S/C27H39ClO2/c1-2-3-22-18-29-27(30-19-22)25-14-12-24(13-15-25)23-10-6-20(7-11-23)4-5-21-8-16-26(28)17-9-21/h2-3,8-9,16-17,20,22-25,27H,4-7,10-15,18-19H2,1H3/b3-2+. The Labute approximate surface area is 188 Å². The van der Waals surface area contributed by atoms with Crippen molar-refractivity contribution >= 4 is 11.6 Å². The van der Waals surface area contributed by atoms with Crippen LogP contribution >= 0.6 is 11.6 Å². The van der Waals surface area contributed by atoms with E-state index in [1.54, 1.807) is 0 Å². The van der Waals surface area contributed by atoms with E-state index in [4.69, 9.17) is 21.1 Å². The molecule has 4 rings (SSSR count). The van der Waals surface area contributed by atoms with Crippen molar-refractivity contribution in [2.75, 3.05) is 13.2 Å². The monoisotopic (exact) mass is 430 g/mol. The van der Waals surface area contributed by atoms with E-state index in [9.17, 15) is 0 Å². The SMILES string of the molecule is C/C=C/C1COC(C2CCC(C3CCC(CCc4ccc(Cl)cc4)CC3)CC2)OC1.